The Hall–Kier alpha value is -1.69. The molecule has 0 heterocycles. The van der Waals surface area contributed by atoms with Crippen LogP contribution < -0.4 is 10.6 Å². The smallest absolute Gasteiger partial charge is 0.315 e. The third-order valence-corrected chi connectivity index (χ3v) is 4.52. The summed E-state index contributed by atoms with van der Waals surface area (Å²) in [5.74, 6) is -1.34. The maximum atomic E-state index is 13.8. The second-order valence-corrected chi connectivity index (χ2v) is 6.34. The third-order valence-electron chi connectivity index (χ3n) is 4.52. The van der Waals surface area contributed by atoms with Gasteiger partial charge in [-0.25, -0.2) is 13.6 Å². The zero-order valence-electron chi connectivity index (χ0n) is 13.4. The zero-order chi connectivity index (χ0) is 16.9. The van der Waals surface area contributed by atoms with Crippen LogP contribution in [0.15, 0.2) is 18.2 Å². The minimum Gasteiger partial charge on any atom is -0.394 e. The molecule has 0 aliphatic heterocycles. The number of urea groups is 1. The molecule has 23 heavy (non-hydrogen) atoms. The highest BCUT2D eigenvalue weighted by Gasteiger charge is 2.32. The van der Waals surface area contributed by atoms with Crippen molar-refractivity contribution in [3.63, 3.8) is 0 Å². The van der Waals surface area contributed by atoms with Gasteiger partial charge in [0.05, 0.1) is 18.2 Å². The number of rotatable bonds is 4. The van der Waals surface area contributed by atoms with Crippen molar-refractivity contribution in [3.8, 4) is 0 Å². The number of nitrogens with one attached hydrogen (secondary N) is 2. The standard InChI is InChI=1S/C17H24F2N2O2/c1-12(14-7-6-13(18)10-15(14)19)20-16(23)21-17(11-22)8-4-2-3-5-9-17/h6-7,10,12,22H,2-5,8-9,11H2,1H3,(H2,20,21,23)/t12-/m1/s1. The van der Waals surface area contributed by atoms with Crippen LogP contribution in [0.5, 0.6) is 0 Å². The second-order valence-electron chi connectivity index (χ2n) is 6.34. The Morgan fingerprint density at radius 3 is 2.48 bits per heavy atom. The fourth-order valence-corrected chi connectivity index (χ4v) is 3.13. The van der Waals surface area contributed by atoms with Gasteiger partial charge in [-0.2, -0.15) is 0 Å². The Labute approximate surface area is 135 Å². The normalized spacial score (nSPS) is 18.8. The molecule has 1 atom stereocenters. The van der Waals surface area contributed by atoms with Crippen molar-refractivity contribution in [2.75, 3.05) is 6.61 Å². The number of amides is 2. The van der Waals surface area contributed by atoms with E-state index in [1.807, 2.05) is 0 Å². The van der Waals surface area contributed by atoms with Gasteiger partial charge in [0.15, 0.2) is 0 Å². The van der Waals surface area contributed by atoms with Crippen molar-refractivity contribution in [1.29, 1.82) is 0 Å². The van der Waals surface area contributed by atoms with Crippen LogP contribution in [0.4, 0.5) is 13.6 Å². The maximum Gasteiger partial charge on any atom is 0.315 e. The van der Waals surface area contributed by atoms with E-state index in [1.54, 1.807) is 6.92 Å². The molecule has 0 spiro atoms. The summed E-state index contributed by atoms with van der Waals surface area (Å²) in [5, 5.41) is 15.2. The van der Waals surface area contributed by atoms with Crippen LogP contribution in [0.2, 0.25) is 0 Å². The van der Waals surface area contributed by atoms with E-state index in [1.165, 1.54) is 6.07 Å². The van der Waals surface area contributed by atoms with E-state index in [2.05, 4.69) is 10.6 Å². The molecule has 4 nitrogen and oxygen atoms in total. The number of carbonyl (C=O) groups is 1. The van der Waals surface area contributed by atoms with Crippen LogP contribution in [0.1, 0.15) is 57.1 Å². The molecule has 1 fully saturated rings. The lowest BCUT2D eigenvalue weighted by atomic mass is 9.91. The summed E-state index contributed by atoms with van der Waals surface area (Å²) >= 11 is 0. The summed E-state index contributed by atoms with van der Waals surface area (Å²) in [7, 11) is 0. The molecule has 0 unspecified atom stereocenters. The van der Waals surface area contributed by atoms with E-state index >= 15 is 0 Å². The predicted molar refractivity (Wildman–Crippen MR) is 84.0 cm³/mol. The summed E-state index contributed by atoms with van der Waals surface area (Å²) in [6, 6.07) is 2.23. The van der Waals surface area contributed by atoms with Gasteiger partial charge in [0.25, 0.3) is 0 Å². The minimum absolute atomic E-state index is 0.111. The number of aliphatic hydroxyl groups excluding tert-OH is 1. The van der Waals surface area contributed by atoms with Gasteiger partial charge < -0.3 is 15.7 Å². The van der Waals surface area contributed by atoms with Crippen molar-refractivity contribution < 1.29 is 18.7 Å². The van der Waals surface area contributed by atoms with Crippen molar-refractivity contribution in [3.05, 3.63) is 35.4 Å². The number of benzene rings is 1. The monoisotopic (exact) mass is 326 g/mol. The van der Waals surface area contributed by atoms with E-state index in [4.69, 9.17) is 0 Å². The molecule has 1 aromatic carbocycles. The molecule has 3 N–H and O–H groups in total. The minimum atomic E-state index is -0.691. The topological polar surface area (TPSA) is 61.4 Å². The molecule has 6 heteroatoms. The van der Waals surface area contributed by atoms with Gasteiger partial charge in [-0.3, -0.25) is 0 Å². The van der Waals surface area contributed by atoms with Crippen molar-refractivity contribution in [1.82, 2.24) is 10.6 Å². The van der Waals surface area contributed by atoms with Gasteiger partial charge >= 0.3 is 6.03 Å². The van der Waals surface area contributed by atoms with Gasteiger partial charge in [0, 0.05) is 11.6 Å². The third kappa shape index (κ3) is 4.64. The first-order valence-electron chi connectivity index (χ1n) is 8.10. The largest absolute Gasteiger partial charge is 0.394 e. The predicted octanol–water partition coefficient (Wildman–Crippen LogP) is 3.41. The Morgan fingerprint density at radius 1 is 1.26 bits per heavy atom. The van der Waals surface area contributed by atoms with Crippen LogP contribution in [0, 0.1) is 11.6 Å². The van der Waals surface area contributed by atoms with Gasteiger partial charge in [-0.05, 0) is 25.8 Å². The van der Waals surface area contributed by atoms with Crippen LogP contribution in [-0.4, -0.2) is 23.3 Å². The van der Waals surface area contributed by atoms with Crippen LogP contribution in [0.25, 0.3) is 0 Å². The quantitative estimate of drug-likeness (QED) is 0.743. The number of carbonyl (C=O) groups excluding carboxylic acids is 1. The summed E-state index contributed by atoms with van der Waals surface area (Å²) in [6.07, 6.45) is 5.59. The lowest BCUT2D eigenvalue weighted by Gasteiger charge is -2.32. The van der Waals surface area contributed by atoms with Gasteiger partial charge in [-0.1, -0.05) is 31.7 Å². The van der Waals surface area contributed by atoms with Gasteiger partial charge in [0.1, 0.15) is 11.6 Å². The first-order chi connectivity index (χ1) is 11.0. The van der Waals surface area contributed by atoms with Crippen LogP contribution >= 0.6 is 0 Å². The van der Waals surface area contributed by atoms with Crippen LogP contribution in [-0.2, 0) is 0 Å². The van der Waals surface area contributed by atoms with Gasteiger partial charge in [-0.15, -0.1) is 0 Å². The average Bonchev–Trinajstić information content (AvgIpc) is 2.73. The Morgan fingerprint density at radius 2 is 1.91 bits per heavy atom. The van der Waals surface area contributed by atoms with Crippen molar-refractivity contribution >= 4 is 6.03 Å². The molecule has 1 aliphatic carbocycles. The molecule has 2 amide bonds. The number of halogens is 2. The van der Waals surface area contributed by atoms with E-state index < -0.39 is 29.2 Å². The molecule has 128 valence electrons. The number of aliphatic hydroxyl groups is 1. The highest BCUT2D eigenvalue weighted by molar-refractivity contribution is 5.75. The molecule has 2 rings (SSSR count). The maximum absolute atomic E-state index is 13.8. The number of hydrogen-bond donors (Lipinski definition) is 3. The Bertz CT molecular complexity index is 543. The molecule has 0 aromatic heterocycles. The highest BCUT2D eigenvalue weighted by atomic mass is 19.1. The van der Waals surface area contributed by atoms with E-state index in [9.17, 15) is 18.7 Å². The summed E-state index contributed by atoms with van der Waals surface area (Å²) in [5.41, 5.74) is -0.387. The van der Waals surface area contributed by atoms with Crippen LogP contribution in [0.3, 0.4) is 0 Å². The molecule has 0 radical (unpaired) electrons. The fraction of sp³-hybridized carbons (Fsp3) is 0.588. The first kappa shape index (κ1) is 17.7. The molecular formula is C17H24F2N2O2. The second kappa shape index (κ2) is 7.73. The van der Waals surface area contributed by atoms with Gasteiger partial charge in [0.2, 0.25) is 0 Å². The molecule has 0 bridgehead atoms. The zero-order valence-corrected chi connectivity index (χ0v) is 13.4. The van der Waals surface area contributed by atoms with E-state index in [-0.39, 0.29) is 12.2 Å². The van der Waals surface area contributed by atoms with Crippen molar-refractivity contribution in [2.45, 2.75) is 57.0 Å². The lowest BCUT2D eigenvalue weighted by Crippen LogP contribution is -2.54. The lowest BCUT2D eigenvalue weighted by molar-refractivity contribution is 0.145. The fourth-order valence-electron chi connectivity index (χ4n) is 3.13. The molecular weight excluding hydrogens is 302 g/mol. The highest BCUT2D eigenvalue weighted by Crippen LogP contribution is 2.27. The molecule has 1 aliphatic rings. The Kier molecular flexibility index (Phi) is 5.93. The van der Waals surface area contributed by atoms with E-state index in [0.29, 0.717) is 0 Å². The SMILES string of the molecule is C[C@@H](NC(=O)NC1(CO)CCCCCC1)c1ccc(F)cc1F. The summed E-state index contributed by atoms with van der Waals surface area (Å²) in [6.45, 7) is 1.52. The van der Waals surface area contributed by atoms with E-state index in [0.717, 1.165) is 50.7 Å². The molecule has 0 saturated heterocycles. The number of hydrogen-bond acceptors (Lipinski definition) is 2. The first-order valence-corrected chi connectivity index (χ1v) is 8.10. The summed E-state index contributed by atoms with van der Waals surface area (Å²) in [4.78, 5) is 12.2. The summed E-state index contributed by atoms with van der Waals surface area (Å²) < 4.78 is 26.7. The van der Waals surface area contributed by atoms with Crippen molar-refractivity contribution in [2.24, 2.45) is 0 Å². The molecule has 1 aromatic rings. The molecule has 1 saturated carbocycles. The average molecular weight is 326 g/mol. The Balaban J connectivity index is 2.00.